The molecule has 102 valence electrons. The van der Waals surface area contributed by atoms with E-state index < -0.39 is 5.60 Å². The number of rotatable bonds is 3. The number of ether oxygens (including phenoxy) is 1. The molecule has 0 unspecified atom stereocenters. The van der Waals surface area contributed by atoms with E-state index in [2.05, 4.69) is 16.6 Å². The molecule has 0 heterocycles. The third kappa shape index (κ3) is 5.92. The van der Waals surface area contributed by atoms with Gasteiger partial charge in [-0.2, -0.15) is 0 Å². The molecule has 0 aromatic heterocycles. The van der Waals surface area contributed by atoms with Crippen molar-refractivity contribution in [1.29, 1.82) is 0 Å². The van der Waals surface area contributed by atoms with Gasteiger partial charge in [0.05, 0.1) is 6.54 Å². The minimum Gasteiger partial charge on any atom is -0.444 e. The number of hydrogen-bond donors (Lipinski definition) is 2. The van der Waals surface area contributed by atoms with Crippen LogP contribution in [0.5, 0.6) is 0 Å². The average molecular weight is 252 g/mol. The van der Waals surface area contributed by atoms with E-state index >= 15 is 0 Å². The molecule has 0 saturated heterocycles. The van der Waals surface area contributed by atoms with Crippen LogP contribution in [0, 0.1) is 12.3 Å². The molecule has 1 aliphatic carbocycles. The predicted molar refractivity (Wildman–Crippen MR) is 72.2 cm³/mol. The monoisotopic (exact) mass is 252 g/mol. The largest absolute Gasteiger partial charge is 0.444 e. The SMILES string of the molecule is C#CCNC1CCC(NC(=O)OC(C)(C)C)CC1. The summed E-state index contributed by atoms with van der Waals surface area (Å²) in [5, 5.41) is 6.23. The van der Waals surface area contributed by atoms with Gasteiger partial charge in [0, 0.05) is 12.1 Å². The van der Waals surface area contributed by atoms with E-state index in [-0.39, 0.29) is 12.1 Å². The summed E-state index contributed by atoms with van der Waals surface area (Å²) in [7, 11) is 0. The lowest BCUT2D eigenvalue weighted by Crippen LogP contribution is -2.44. The van der Waals surface area contributed by atoms with Gasteiger partial charge in [0.2, 0.25) is 0 Å². The zero-order chi connectivity index (χ0) is 13.6. The quantitative estimate of drug-likeness (QED) is 0.756. The zero-order valence-corrected chi connectivity index (χ0v) is 11.6. The van der Waals surface area contributed by atoms with Crippen LogP contribution in [0.2, 0.25) is 0 Å². The third-order valence-corrected chi connectivity index (χ3v) is 2.94. The fraction of sp³-hybridized carbons (Fsp3) is 0.786. The Bertz CT molecular complexity index is 307. The van der Waals surface area contributed by atoms with Crippen LogP contribution >= 0.6 is 0 Å². The summed E-state index contributed by atoms with van der Waals surface area (Å²) in [6.45, 7) is 6.22. The lowest BCUT2D eigenvalue weighted by Gasteiger charge is -2.30. The molecule has 1 aliphatic rings. The molecule has 1 rings (SSSR count). The van der Waals surface area contributed by atoms with Crippen LogP contribution in [-0.2, 0) is 4.74 Å². The first-order valence-corrected chi connectivity index (χ1v) is 6.57. The molecule has 4 heteroatoms. The third-order valence-electron chi connectivity index (χ3n) is 2.94. The first-order valence-electron chi connectivity index (χ1n) is 6.57. The second-order valence-electron chi connectivity index (χ2n) is 5.78. The number of hydrogen-bond acceptors (Lipinski definition) is 3. The number of carbonyl (C=O) groups excluding carboxylic acids is 1. The Kier molecular flexibility index (Phi) is 5.49. The van der Waals surface area contributed by atoms with E-state index in [1.54, 1.807) is 0 Å². The maximum atomic E-state index is 11.6. The van der Waals surface area contributed by atoms with E-state index in [4.69, 9.17) is 11.2 Å². The van der Waals surface area contributed by atoms with Crippen molar-refractivity contribution in [3.8, 4) is 12.3 Å². The van der Waals surface area contributed by atoms with Crippen LogP contribution in [0.15, 0.2) is 0 Å². The van der Waals surface area contributed by atoms with E-state index in [1.165, 1.54) is 0 Å². The predicted octanol–water partition coefficient (Wildman–Crippen LogP) is 2.05. The Morgan fingerprint density at radius 1 is 1.28 bits per heavy atom. The molecule has 0 aliphatic heterocycles. The highest BCUT2D eigenvalue weighted by Crippen LogP contribution is 2.19. The minimum atomic E-state index is -0.435. The molecule has 0 aromatic carbocycles. The van der Waals surface area contributed by atoms with E-state index in [0.717, 1.165) is 25.7 Å². The fourth-order valence-electron chi connectivity index (χ4n) is 2.12. The van der Waals surface area contributed by atoms with Gasteiger partial charge in [0.1, 0.15) is 5.60 Å². The van der Waals surface area contributed by atoms with Crippen molar-refractivity contribution in [3.05, 3.63) is 0 Å². The number of nitrogens with one attached hydrogen (secondary N) is 2. The highest BCUT2D eigenvalue weighted by atomic mass is 16.6. The van der Waals surface area contributed by atoms with Crippen molar-refractivity contribution in [2.75, 3.05) is 6.54 Å². The normalized spacial score (nSPS) is 24.1. The zero-order valence-electron chi connectivity index (χ0n) is 11.6. The first-order chi connectivity index (χ1) is 8.40. The van der Waals surface area contributed by atoms with Crippen LogP contribution in [-0.4, -0.2) is 30.3 Å². The molecule has 0 aromatic rings. The summed E-state index contributed by atoms with van der Waals surface area (Å²) in [4.78, 5) is 11.6. The molecule has 0 atom stereocenters. The summed E-state index contributed by atoms with van der Waals surface area (Å²) in [5.41, 5.74) is -0.435. The van der Waals surface area contributed by atoms with Crippen molar-refractivity contribution in [3.63, 3.8) is 0 Å². The van der Waals surface area contributed by atoms with Crippen LogP contribution in [0.1, 0.15) is 46.5 Å². The highest BCUT2D eigenvalue weighted by molar-refractivity contribution is 5.68. The lowest BCUT2D eigenvalue weighted by atomic mass is 9.91. The molecule has 1 fully saturated rings. The average Bonchev–Trinajstić information content (AvgIpc) is 2.25. The molecule has 0 spiro atoms. The van der Waals surface area contributed by atoms with Gasteiger partial charge in [-0.1, -0.05) is 5.92 Å². The maximum Gasteiger partial charge on any atom is 0.407 e. The van der Waals surface area contributed by atoms with Crippen molar-refractivity contribution >= 4 is 6.09 Å². The van der Waals surface area contributed by atoms with Crippen molar-refractivity contribution in [1.82, 2.24) is 10.6 Å². The minimum absolute atomic E-state index is 0.226. The summed E-state index contributed by atoms with van der Waals surface area (Å²) in [6.07, 6.45) is 8.93. The van der Waals surface area contributed by atoms with Gasteiger partial charge in [0.25, 0.3) is 0 Å². The van der Waals surface area contributed by atoms with Crippen LogP contribution in [0.4, 0.5) is 4.79 Å². The fourth-order valence-corrected chi connectivity index (χ4v) is 2.12. The van der Waals surface area contributed by atoms with Gasteiger partial charge >= 0.3 is 6.09 Å². The topological polar surface area (TPSA) is 50.4 Å². The summed E-state index contributed by atoms with van der Waals surface area (Å²) >= 11 is 0. The Morgan fingerprint density at radius 3 is 2.33 bits per heavy atom. The highest BCUT2D eigenvalue weighted by Gasteiger charge is 2.24. The van der Waals surface area contributed by atoms with Crippen molar-refractivity contribution < 1.29 is 9.53 Å². The Morgan fingerprint density at radius 2 is 1.83 bits per heavy atom. The smallest absolute Gasteiger partial charge is 0.407 e. The van der Waals surface area contributed by atoms with Gasteiger partial charge in [-0.25, -0.2) is 4.79 Å². The maximum absolute atomic E-state index is 11.6. The first kappa shape index (κ1) is 14.8. The number of terminal acetylenes is 1. The molecule has 1 saturated carbocycles. The Hall–Kier alpha value is -1.21. The van der Waals surface area contributed by atoms with Crippen molar-refractivity contribution in [2.24, 2.45) is 0 Å². The molecule has 0 bridgehead atoms. The van der Waals surface area contributed by atoms with E-state index in [9.17, 15) is 4.79 Å². The molecule has 18 heavy (non-hydrogen) atoms. The summed E-state index contributed by atoms with van der Waals surface area (Å²) < 4.78 is 5.24. The van der Waals surface area contributed by atoms with Crippen molar-refractivity contribution in [2.45, 2.75) is 64.1 Å². The standard InChI is InChI=1S/C14H24N2O2/c1-5-10-15-11-6-8-12(9-7-11)16-13(17)18-14(2,3)4/h1,11-12,15H,6-10H2,2-4H3,(H,16,17). The van der Waals surface area contributed by atoms with Gasteiger partial charge in [-0.15, -0.1) is 6.42 Å². The number of alkyl carbamates (subject to hydrolysis) is 1. The van der Waals surface area contributed by atoms with Crippen LogP contribution in [0.25, 0.3) is 0 Å². The van der Waals surface area contributed by atoms with Gasteiger partial charge in [0.15, 0.2) is 0 Å². The summed E-state index contributed by atoms with van der Waals surface area (Å²) in [5.74, 6) is 2.58. The lowest BCUT2D eigenvalue weighted by molar-refractivity contribution is 0.0490. The Balaban J connectivity index is 2.23. The van der Waals surface area contributed by atoms with Gasteiger partial charge in [-0.05, 0) is 46.5 Å². The number of carbonyl (C=O) groups is 1. The van der Waals surface area contributed by atoms with Gasteiger partial charge < -0.3 is 15.4 Å². The van der Waals surface area contributed by atoms with Crippen LogP contribution in [0.3, 0.4) is 0 Å². The molecule has 4 nitrogen and oxygen atoms in total. The molecular formula is C14H24N2O2. The molecule has 2 N–H and O–H groups in total. The van der Waals surface area contributed by atoms with Gasteiger partial charge in [-0.3, -0.25) is 0 Å². The van der Waals surface area contributed by atoms with E-state index in [1.807, 2.05) is 20.8 Å². The van der Waals surface area contributed by atoms with Crippen LogP contribution < -0.4 is 10.6 Å². The second kappa shape index (κ2) is 6.65. The molecule has 1 amide bonds. The Labute approximate surface area is 110 Å². The molecular weight excluding hydrogens is 228 g/mol. The number of amides is 1. The summed E-state index contributed by atoms with van der Waals surface area (Å²) in [6, 6.07) is 0.710. The second-order valence-corrected chi connectivity index (χ2v) is 5.78. The molecule has 0 radical (unpaired) electrons. The van der Waals surface area contributed by atoms with E-state index in [0.29, 0.717) is 12.6 Å².